The van der Waals surface area contributed by atoms with Crippen LogP contribution in [0, 0.1) is 13.8 Å². The maximum atomic E-state index is 11.9. The van der Waals surface area contributed by atoms with Crippen LogP contribution in [0.4, 0.5) is 5.69 Å². The van der Waals surface area contributed by atoms with Gasteiger partial charge in [0.2, 0.25) is 0 Å². The van der Waals surface area contributed by atoms with Crippen LogP contribution >= 0.6 is 0 Å². The Kier molecular flexibility index (Phi) is 7.11. The second-order valence-corrected chi connectivity index (χ2v) is 6.12. The van der Waals surface area contributed by atoms with Crippen molar-refractivity contribution in [2.45, 2.75) is 27.2 Å². The molecule has 0 fully saturated rings. The van der Waals surface area contributed by atoms with E-state index in [0.29, 0.717) is 23.4 Å². The number of Topliss-reactive ketones (excluding diaryl/α,β-unsaturated/α-hetero) is 1. The molecule has 2 aromatic carbocycles. The lowest BCUT2D eigenvalue weighted by molar-refractivity contribution is -0.149. The van der Waals surface area contributed by atoms with Gasteiger partial charge in [0.1, 0.15) is 5.75 Å². The summed E-state index contributed by atoms with van der Waals surface area (Å²) in [5.74, 6) is -0.588. The number of rotatable bonds is 8. The highest BCUT2D eigenvalue weighted by molar-refractivity contribution is 5.96. The Balaban J connectivity index is 1.76. The largest absolute Gasteiger partial charge is 0.482 e. The molecule has 0 aliphatic heterocycles. The highest BCUT2D eigenvalue weighted by Gasteiger charge is 2.10. The number of ether oxygens (including phenoxy) is 2. The van der Waals surface area contributed by atoms with Gasteiger partial charge in [-0.2, -0.15) is 0 Å². The maximum absolute atomic E-state index is 11.9. The molecule has 2 aromatic rings. The van der Waals surface area contributed by atoms with Gasteiger partial charge in [0.05, 0.1) is 0 Å². The molecular formula is C21H23NO5. The second kappa shape index (κ2) is 9.52. The summed E-state index contributed by atoms with van der Waals surface area (Å²) in [5.41, 5.74) is 3.23. The van der Waals surface area contributed by atoms with Gasteiger partial charge in [0.25, 0.3) is 5.91 Å². The molecule has 0 saturated heterocycles. The van der Waals surface area contributed by atoms with Crippen molar-refractivity contribution < 1.29 is 23.9 Å². The molecule has 0 bridgehead atoms. The van der Waals surface area contributed by atoms with E-state index in [9.17, 15) is 14.4 Å². The average Bonchev–Trinajstić information content (AvgIpc) is 2.67. The lowest BCUT2D eigenvalue weighted by atomic mass is 10.1. The van der Waals surface area contributed by atoms with Crippen molar-refractivity contribution >= 4 is 23.3 Å². The smallest absolute Gasteiger partial charge is 0.344 e. The fraction of sp³-hybridized carbons (Fsp3) is 0.286. The molecule has 6 heteroatoms. The molecule has 1 N–H and O–H groups in total. The van der Waals surface area contributed by atoms with E-state index < -0.39 is 11.9 Å². The fourth-order valence-corrected chi connectivity index (χ4v) is 2.33. The van der Waals surface area contributed by atoms with Gasteiger partial charge in [0, 0.05) is 17.7 Å². The minimum absolute atomic E-state index is 0.0378. The topological polar surface area (TPSA) is 81.7 Å². The van der Waals surface area contributed by atoms with Crippen molar-refractivity contribution in [1.82, 2.24) is 0 Å². The van der Waals surface area contributed by atoms with Crippen LogP contribution in [0.1, 0.15) is 34.8 Å². The molecular weight excluding hydrogens is 346 g/mol. The van der Waals surface area contributed by atoms with Crippen molar-refractivity contribution in [3.63, 3.8) is 0 Å². The van der Waals surface area contributed by atoms with Crippen LogP contribution in [0.2, 0.25) is 0 Å². The third-order valence-corrected chi connectivity index (χ3v) is 3.89. The van der Waals surface area contributed by atoms with Gasteiger partial charge in [-0.25, -0.2) is 4.79 Å². The Morgan fingerprint density at radius 2 is 1.67 bits per heavy atom. The molecule has 0 heterocycles. The Labute approximate surface area is 158 Å². The van der Waals surface area contributed by atoms with Crippen LogP contribution in [0.15, 0.2) is 42.5 Å². The quantitative estimate of drug-likeness (QED) is 0.569. The molecule has 27 heavy (non-hydrogen) atoms. The molecule has 0 aromatic heterocycles. The third-order valence-electron chi connectivity index (χ3n) is 3.89. The molecule has 0 aliphatic rings. The van der Waals surface area contributed by atoms with E-state index in [2.05, 4.69) is 5.32 Å². The standard InChI is InChI=1S/C21H23NO5/c1-4-19(23)16-7-9-17(10-8-16)26-13-21(25)27-12-20(24)22-18-11-14(2)5-6-15(18)3/h5-11H,4,12-13H2,1-3H3,(H,22,24). The predicted octanol–water partition coefficient (Wildman–Crippen LogP) is 3.46. The molecule has 6 nitrogen and oxygen atoms in total. The number of anilines is 1. The number of amides is 1. The Hall–Kier alpha value is -3.15. The van der Waals surface area contributed by atoms with E-state index in [1.54, 1.807) is 31.2 Å². The zero-order chi connectivity index (χ0) is 19.8. The zero-order valence-electron chi connectivity index (χ0n) is 15.7. The van der Waals surface area contributed by atoms with E-state index in [-0.39, 0.29) is 19.0 Å². The number of aryl methyl sites for hydroxylation is 2. The number of carbonyl (C=O) groups excluding carboxylic acids is 3. The van der Waals surface area contributed by atoms with Gasteiger partial charge >= 0.3 is 5.97 Å². The van der Waals surface area contributed by atoms with Crippen LogP contribution in [0.25, 0.3) is 0 Å². The zero-order valence-corrected chi connectivity index (χ0v) is 15.7. The van der Waals surface area contributed by atoms with Crippen LogP contribution in [0.3, 0.4) is 0 Å². The normalized spacial score (nSPS) is 10.2. The van der Waals surface area contributed by atoms with E-state index in [1.807, 2.05) is 32.0 Å². The second-order valence-electron chi connectivity index (χ2n) is 6.12. The van der Waals surface area contributed by atoms with Crippen LogP contribution < -0.4 is 10.1 Å². The SMILES string of the molecule is CCC(=O)c1ccc(OCC(=O)OCC(=O)Nc2cc(C)ccc2C)cc1. The van der Waals surface area contributed by atoms with Crippen molar-refractivity contribution in [3.05, 3.63) is 59.2 Å². The lowest BCUT2D eigenvalue weighted by Crippen LogP contribution is -2.24. The molecule has 142 valence electrons. The summed E-state index contributed by atoms with van der Waals surface area (Å²) < 4.78 is 10.2. The number of esters is 1. The summed E-state index contributed by atoms with van der Waals surface area (Å²) in [6, 6.07) is 12.2. The molecule has 0 spiro atoms. The number of nitrogens with one attached hydrogen (secondary N) is 1. The average molecular weight is 369 g/mol. The van der Waals surface area contributed by atoms with Gasteiger partial charge in [-0.15, -0.1) is 0 Å². The van der Waals surface area contributed by atoms with E-state index in [4.69, 9.17) is 9.47 Å². The van der Waals surface area contributed by atoms with Gasteiger partial charge in [-0.1, -0.05) is 19.1 Å². The molecule has 2 rings (SSSR count). The first-order valence-corrected chi connectivity index (χ1v) is 8.68. The summed E-state index contributed by atoms with van der Waals surface area (Å²) in [5, 5.41) is 2.71. The molecule has 0 aliphatic carbocycles. The summed E-state index contributed by atoms with van der Waals surface area (Å²) in [6.07, 6.45) is 0.427. The Bertz CT molecular complexity index is 827. The molecule has 0 unspecified atom stereocenters. The number of ketones is 1. The van der Waals surface area contributed by atoms with Crippen LogP contribution in [-0.2, 0) is 14.3 Å². The van der Waals surface area contributed by atoms with E-state index in [1.165, 1.54) is 0 Å². The first-order chi connectivity index (χ1) is 12.9. The predicted molar refractivity (Wildman–Crippen MR) is 102 cm³/mol. The molecule has 0 atom stereocenters. The van der Waals surface area contributed by atoms with E-state index >= 15 is 0 Å². The Morgan fingerprint density at radius 3 is 2.33 bits per heavy atom. The van der Waals surface area contributed by atoms with Crippen LogP contribution in [0.5, 0.6) is 5.75 Å². The monoisotopic (exact) mass is 369 g/mol. The van der Waals surface area contributed by atoms with Gasteiger partial charge < -0.3 is 14.8 Å². The first-order valence-electron chi connectivity index (χ1n) is 8.68. The fourth-order valence-electron chi connectivity index (χ4n) is 2.33. The molecule has 0 saturated carbocycles. The van der Waals surface area contributed by atoms with Crippen molar-refractivity contribution in [3.8, 4) is 5.75 Å². The summed E-state index contributed by atoms with van der Waals surface area (Å²) in [6.45, 7) is 4.89. The summed E-state index contributed by atoms with van der Waals surface area (Å²) in [4.78, 5) is 35.2. The number of carbonyl (C=O) groups is 3. The third kappa shape index (κ3) is 6.26. The maximum Gasteiger partial charge on any atom is 0.344 e. The summed E-state index contributed by atoms with van der Waals surface area (Å²) in [7, 11) is 0. The van der Waals surface area contributed by atoms with Crippen LogP contribution in [-0.4, -0.2) is 30.9 Å². The number of benzene rings is 2. The van der Waals surface area contributed by atoms with Gasteiger partial charge in [-0.05, 0) is 55.3 Å². The minimum Gasteiger partial charge on any atom is -0.482 e. The highest BCUT2D eigenvalue weighted by atomic mass is 16.6. The summed E-state index contributed by atoms with van der Waals surface area (Å²) >= 11 is 0. The minimum atomic E-state index is -0.653. The van der Waals surface area contributed by atoms with Gasteiger partial charge in [0.15, 0.2) is 19.0 Å². The number of hydrogen-bond acceptors (Lipinski definition) is 5. The highest BCUT2D eigenvalue weighted by Crippen LogP contribution is 2.16. The number of hydrogen-bond donors (Lipinski definition) is 1. The Morgan fingerprint density at radius 1 is 0.963 bits per heavy atom. The van der Waals surface area contributed by atoms with Crippen molar-refractivity contribution in [2.24, 2.45) is 0 Å². The lowest BCUT2D eigenvalue weighted by Gasteiger charge is -2.10. The molecule has 1 amide bonds. The van der Waals surface area contributed by atoms with E-state index in [0.717, 1.165) is 11.1 Å². The van der Waals surface area contributed by atoms with Crippen molar-refractivity contribution in [1.29, 1.82) is 0 Å². The first kappa shape index (κ1) is 20.2. The van der Waals surface area contributed by atoms with Crippen molar-refractivity contribution in [2.75, 3.05) is 18.5 Å². The molecule has 0 radical (unpaired) electrons. The van der Waals surface area contributed by atoms with Gasteiger partial charge in [-0.3, -0.25) is 9.59 Å².